The Labute approximate surface area is 160 Å². The summed E-state index contributed by atoms with van der Waals surface area (Å²) in [5.41, 5.74) is 0. The largest absolute Gasteiger partial charge is 0.360 e. The lowest BCUT2D eigenvalue weighted by Crippen LogP contribution is -2.71. The SMILES string of the molecule is CCCCN(CCCC)N(CCCC)C(F)(C(C)C)C(F)(F)C(F)(F)CF. The number of hydrogen-bond donors (Lipinski definition) is 0. The lowest BCUT2D eigenvalue weighted by atomic mass is 9.89. The molecular formula is C19H36F6N2. The van der Waals surface area contributed by atoms with E-state index in [9.17, 15) is 22.0 Å². The summed E-state index contributed by atoms with van der Waals surface area (Å²) in [5.74, 6) is -15.4. The van der Waals surface area contributed by atoms with Crippen LogP contribution >= 0.6 is 0 Å². The third-order valence-corrected chi connectivity index (χ3v) is 4.81. The Bertz CT molecular complexity index is 398. The van der Waals surface area contributed by atoms with Crippen molar-refractivity contribution in [1.29, 1.82) is 0 Å². The van der Waals surface area contributed by atoms with E-state index < -0.39 is 30.2 Å². The van der Waals surface area contributed by atoms with Gasteiger partial charge in [0.25, 0.3) is 0 Å². The first-order valence-electron chi connectivity index (χ1n) is 10.0. The highest BCUT2D eigenvalue weighted by Crippen LogP contribution is 2.50. The highest BCUT2D eigenvalue weighted by atomic mass is 19.3. The molecule has 2 nitrogen and oxygen atoms in total. The molecule has 0 aliphatic heterocycles. The minimum atomic E-state index is -5.17. The molecule has 1 atom stereocenters. The number of alkyl halides is 6. The standard InChI is InChI=1S/C19H36F6N2/c1-6-9-12-26(13-10-7-2)27(14-11-8-3)18(23,16(4)5)19(24,25)17(21,22)15-20/h16H,6-15H2,1-5H3. The van der Waals surface area contributed by atoms with E-state index in [1.807, 2.05) is 20.8 Å². The van der Waals surface area contributed by atoms with Crippen molar-refractivity contribution in [2.24, 2.45) is 5.92 Å². The van der Waals surface area contributed by atoms with Crippen LogP contribution in [0.25, 0.3) is 0 Å². The van der Waals surface area contributed by atoms with E-state index in [0.717, 1.165) is 31.7 Å². The quantitative estimate of drug-likeness (QED) is 0.175. The van der Waals surface area contributed by atoms with Gasteiger partial charge in [-0.05, 0) is 19.3 Å². The molecule has 0 N–H and O–H groups in total. The van der Waals surface area contributed by atoms with Crippen molar-refractivity contribution in [2.75, 3.05) is 26.3 Å². The van der Waals surface area contributed by atoms with Crippen LogP contribution in [-0.2, 0) is 0 Å². The van der Waals surface area contributed by atoms with Crippen molar-refractivity contribution in [1.82, 2.24) is 10.0 Å². The van der Waals surface area contributed by atoms with Gasteiger partial charge in [0, 0.05) is 25.6 Å². The van der Waals surface area contributed by atoms with Crippen molar-refractivity contribution in [2.45, 2.75) is 90.8 Å². The monoisotopic (exact) mass is 406 g/mol. The Morgan fingerprint density at radius 3 is 1.48 bits per heavy atom. The van der Waals surface area contributed by atoms with Crippen molar-refractivity contribution < 1.29 is 26.3 Å². The van der Waals surface area contributed by atoms with Gasteiger partial charge in [-0.3, -0.25) is 0 Å². The summed E-state index contributed by atoms with van der Waals surface area (Å²) in [5, 5.41) is 2.21. The number of nitrogens with zero attached hydrogens (tertiary/aromatic N) is 2. The Balaban J connectivity index is 6.22. The summed E-state index contributed by atoms with van der Waals surface area (Å²) in [4.78, 5) is 0. The van der Waals surface area contributed by atoms with E-state index in [4.69, 9.17) is 0 Å². The minimum Gasteiger partial charge on any atom is -0.244 e. The highest BCUT2D eigenvalue weighted by molar-refractivity contribution is 5.03. The molecule has 0 bridgehead atoms. The molecule has 0 amide bonds. The Morgan fingerprint density at radius 2 is 1.15 bits per heavy atom. The number of unbranched alkanes of at least 4 members (excludes halogenated alkanes) is 3. The van der Waals surface area contributed by atoms with Gasteiger partial charge in [0.15, 0.2) is 6.67 Å². The maximum Gasteiger partial charge on any atom is 0.360 e. The molecule has 8 heteroatoms. The molecule has 0 heterocycles. The molecule has 0 spiro atoms. The number of rotatable bonds is 15. The zero-order valence-electron chi connectivity index (χ0n) is 17.3. The summed E-state index contributed by atoms with van der Waals surface area (Å²) in [6.07, 6.45) is 3.69. The fourth-order valence-corrected chi connectivity index (χ4v) is 3.02. The van der Waals surface area contributed by atoms with Gasteiger partial charge in [-0.25, -0.2) is 18.8 Å². The van der Waals surface area contributed by atoms with Crippen LogP contribution in [0, 0.1) is 5.92 Å². The van der Waals surface area contributed by atoms with E-state index in [1.54, 1.807) is 0 Å². The van der Waals surface area contributed by atoms with Gasteiger partial charge in [-0.2, -0.15) is 17.6 Å². The van der Waals surface area contributed by atoms with Crippen LogP contribution in [0.5, 0.6) is 0 Å². The van der Waals surface area contributed by atoms with Gasteiger partial charge in [0.05, 0.1) is 0 Å². The first-order valence-corrected chi connectivity index (χ1v) is 10.0. The normalized spacial score (nSPS) is 15.8. The van der Waals surface area contributed by atoms with Crippen molar-refractivity contribution >= 4 is 0 Å². The van der Waals surface area contributed by atoms with Gasteiger partial charge >= 0.3 is 11.8 Å². The second kappa shape index (κ2) is 11.5. The van der Waals surface area contributed by atoms with Gasteiger partial charge in [0.1, 0.15) is 0 Å². The molecule has 0 rings (SSSR count). The second-order valence-corrected chi connectivity index (χ2v) is 7.38. The predicted molar refractivity (Wildman–Crippen MR) is 97.5 cm³/mol. The molecule has 0 saturated carbocycles. The Kier molecular flexibility index (Phi) is 11.3. The van der Waals surface area contributed by atoms with Crippen LogP contribution < -0.4 is 0 Å². The van der Waals surface area contributed by atoms with Crippen LogP contribution in [0.2, 0.25) is 0 Å². The van der Waals surface area contributed by atoms with Gasteiger partial charge in [0.2, 0.25) is 5.79 Å². The third-order valence-electron chi connectivity index (χ3n) is 4.81. The molecule has 0 saturated heterocycles. The average molecular weight is 406 g/mol. The van der Waals surface area contributed by atoms with Crippen LogP contribution in [0.15, 0.2) is 0 Å². The minimum absolute atomic E-state index is 0.128. The Morgan fingerprint density at radius 1 is 0.741 bits per heavy atom. The highest BCUT2D eigenvalue weighted by Gasteiger charge is 2.73. The van der Waals surface area contributed by atoms with Gasteiger partial charge < -0.3 is 0 Å². The summed E-state index contributed by atoms with van der Waals surface area (Å²) >= 11 is 0. The van der Waals surface area contributed by atoms with Crippen LogP contribution in [0.4, 0.5) is 26.3 Å². The molecule has 0 aliphatic carbocycles. The van der Waals surface area contributed by atoms with Crippen molar-refractivity contribution in [3.05, 3.63) is 0 Å². The topological polar surface area (TPSA) is 6.48 Å². The summed E-state index contributed by atoms with van der Waals surface area (Å²) < 4.78 is 85.9. The first-order chi connectivity index (χ1) is 12.5. The molecule has 0 aliphatic rings. The Hall–Kier alpha value is -0.500. The second-order valence-electron chi connectivity index (χ2n) is 7.38. The predicted octanol–water partition coefficient (Wildman–Crippen LogP) is 6.47. The molecule has 0 aromatic heterocycles. The molecular weight excluding hydrogens is 370 g/mol. The number of hydrazine groups is 1. The summed E-state index contributed by atoms with van der Waals surface area (Å²) in [6, 6.07) is 0. The van der Waals surface area contributed by atoms with Gasteiger partial charge in [-0.1, -0.05) is 53.9 Å². The molecule has 0 aromatic rings. The fraction of sp³-hybridized carbons (Fsp3) is 1.00. The van der Waals surface area contributed by atoms with Crippen LogP contribution in [0.3, 0.4) is 0 Å². The zero-order valence-corrected chi connectivity index (χ0v) is 17.3. The number of hydrogen-bond acceptors (Lipinski definition) is 2. The van der Waals surface area contributed by atoms with Crippen LogP contribution in [0.1, 0.15) is 73.1 Å². The van der Waals surface area contributed by atoms with Crippen molar-refractivity contribution in [3.8, 4) is 0 Å². The zero-order chi connectivity index (χ0) is 21.3. The maximum atomic E-state index is 16.0. The lowest BCUT2D eigenvalue weighted by Gasteiger charge is -2.50. The fourth-order valence-electron chi connectivity index (χ4n) is 3.02. The van der Waals surface area contributed by atoms with E-state index in [2.05, 4.69) is 0 Å². The third kappa shape index (κ3) is 5.99. The molecule has 1 unspecified atom stereocenters. The van der Waals surface area contributed by atoms with Crippen molar-refractivity contribution in [3.63, 3.8) is 0 Å². The summed E-state index contributed by atoms with van der Waals surface area (Å²) in [6.45, 7) is 5.74. The van der Waals surface area contributed by atoms with Gasteiger partial charge in [-0.15, -0.1) is 0 Å². The van der Waals surface area contributed by atoms with E-state index >= 15 is 4.39 Å². The molecule has 0 aromatic carbocycles. The summed E-state index contributed by atoms with van der Waals surface area (Å²) in [7, 11) is 0. The lowest BCUT2D eigenvalue weighted by molar-refractivity contribution is -0.354. The molecule has 164 valence electrons. The smallest absolute Gasteiger partial charge is 0.244 e. The molecule has 0 radical (unpaired) electrons. The molecule has 27 heavy (non-hydrogen) atoms. The van der Waals surface area contributed by atoms with E-state index in [1.165, 1.54) is 5.01 Å². The van der Waals surface area contributed by atoms with E-state index in [0.29, 0.717) is 25.7 Å². The maximum absolute atomic E-state index is 16.0. The molecule has 0 fully saturated rings. The van der Waals surface area contributed by atoms with E-state index in [-0.39, 0.29) is 19.6 Å². The van der Waals surface area contributed by atoms with Crippen LogP contribution in [-0.4, -0.2) is 54.0 Å². The average Bonchev–Trinajstić information content (AvgIpc) is 2.62. The number of halogens is 6. The first kappa shape index (κ1) is 26.5.